The molecule has 0 radical (unpaired) electrons. The average Bonchev–Trinajstić information content (AvgIpc) is 3.28. The Hall–Kier alpha value is -3.23. The molecule has 0 aliphatic carbocycles. The average molecular weight is 466 g/mol. The molecule has 7 nitrogen and oxygen atoms in total. The highest BCUT2D eigenvalue weighted by atomic mass is 35.5. The van der Waals surface area contributed by atoms with Crippen molar-refractivity contribution in [3.8, 4) is 17.0 Å². The van der Waals surface area contributed by atoms with Crippen molar-refractivity contribution in [1.82, 2.24) is 19.2 Å². The number of methoxy groups -OCH3 is 1. The van der Waals surface area contributed by atoms with Crippen LogP contribution in [0.5, 0.6) is 5.75 Å². The van der Waals surface area contributed by atoms with Crippen LogP contribution in [0.25, 0.3) is 21.5 Å². The van der Waals surface area contributed by atoms with Crippen LogP contribution in [0.15, 0.2) is 54.9 Å². The molecule has 1 fully saturated rings. The van der Waals surface area contributed by atoms with Gasteiger partial charge >= 0.3 is 0 Å². The summed E-state index contributed by atoms with van der Waals surface area (Å²) in [5.41, 5.74) is 3.27. The number of benzene rings is 2. The van der Waals surface area contributed by atoms with Crippen LogP contribution in [-0.4, -0.2) is 58.4 Å². The fourth-order valence-corrected chi connectivity index (χ4v) is 4.83. The van der Waals surface area contributed by atoms with Crippen LogP contribution in [0.1, 0.15) is 10.4 Å². The van der Waals surface area contributed by atoms with Gasteiger partial charge in [-0.3, -0.25) is 4.79 Å². The number of halogens is 1. The molecule has 0 atom stereocenters. The predicted molar refractivity (Wildman–Crippen MR) is 127 cm³/mol. The number of rotatable bonds is 4. The summed E-state index contributed by atoms with van der Waals surface area (Å²) >= 11 is 7.42. The van der Waals surface area contributed by atoms with Gasteiger partial charge in [-0.2, -0.15) is 4.37 Å². The molecule has 0 saturated carbocycles. The van der Waals surface area contributed by atoms with Gasteiger partial charge < -0.3 is 14.5 Å². The Morgan fingerprint density at radius 2 is 1.84 bits per heavy atom. The van der Waals surface area contributed by atoms with Crippen molar-refractivity contribution in [2.24, 2.45) is 0 Å². The van der Waals surface area contributed by atoms with E-state index in [4.69, 9.17) is 16.3 Å². The topological polar surface area (TPSA) is 71.5 Å². The zero-order valence-electron chi connectivity index (χ0n) is 17.4. The summed E-state index contributed by atoms with van der Waals surface area (Å²) in [5.74, 6) is 1.56. The second-order valence-corrected chi connectivity index (χ2v) is 8.63. The molecular formula is C23H20ClN5O2S. The number of anilines is 1. The third-order valence-corrected chi connectivity index (χ3v) is 6.62. The predicted octanol–water partition coefficient (Wildman–Crippen LogP) is 4.38. The molecule has 32 heavy (non-hydrogen) atoms. The Labute approximate surface area is 194 Å². The number of ether oxygens (including phenoxy) is 1. The van der Waals surface area contributed by atoms with Crippen LogP contribution in [-0.2, 0) is 0 Å². The first-order chi connectivity index (χ1) is 15.6. The van der Waals surface area contributed by atoms with Gasteiger partial charge in [0.05, 0.1) is 7.11 Å². The van der Waals surface area contributed by atoms with Gasteiger partial charge in [0.2, 0.25) is 0 Å². The summed E-state index contributed by atoms with van der Waals surface area (Å²) in [4.78, 5) is 26.0. The van der Waals surface area contributed by atoms with E-state index in [-0.39, 0.29) is 5.91 Å². The third kappa shape index (κ3) is 3.87. The number of nitrogens with zero attached hydrogens (tertiary/aromatic N) is 5. The van der Waals surface area contributed by atoms with Gasteiger partial charge in [-0.25, -0.2) is 9.97 Å². The lowest BCUT2D eigenvalue weighted by Crippen LogP contribution is -2.49. The Morgan fingerprint density at radius 1 is 1.06 bits per heavy atom. The largest absolute Gasteiger partial charge is 0.497 e. The minimum atomic E-state index is 0.0131. The Balaban J connectivity index is 1.35. The van der Waals surface area contributed by atoms with Crippen LogP contribution in [0.2, 0.25) is 5.02 Å². The number of hydrogen-bond donors (Lipinski definition) is 0. The van der Waals surface area contributed by atoms with Crippen molar-refractivity contribution in [3.63, 3.8) is 0 Å². The molecule has 1 amide bonds. The smallest absolute Gasteiger partial charge is 0.254 e. The molecule has 0 bridgehead atoms. The van der Waals surface area contributed by atoms with Crippen molar-refractivity contribution in [2.45, 2.75) is 0 Å². The lowest BCUT2D eigenvalue weighted by atomic mass is 10.1. The number of carbonyl (C=O) groups is 1. The van der Waals surface area contributed by atoms with Crippen molar-refractivity contribution in [3.05, 3.63) is 65.4 Å². The highest BCUT2D eigenvalue weighted by Crippen LogP contribution is 2.34. The van der Waals surface area contributed by atoms with Crippen molar-refractivity contribution in [1.29, 1.82) is 0 Å². The number of fused-ring (bicyclic) bond motifs is 1. The Morgan fingerprint density at radius 3 is 2.59 bits per heavy atom. The monoisotopic (exact) mass is 465 g/mol. The van der Waals surface area contributed by atoms with E-state index < -0.39 is 0 Å². The van der Waals surface area contributed by atoms with E-state index in [1.165, 1.54) is 11.5 Å². The first-order valence-electron chi connectivity index (χ1n) is 10.2. The maximum Gasteiger partial charge on any atom is 0.254 e. The molecule has 2 aromatic heterocycles. The molecule has 0 N–H and O–H groups in total. The fourth-order valence-electron chi connectivity index (χ4n) is 3.83. The van der Waals surface area contributed by atoms with Gasteiger partial charge in [0, 0.05) is 42.3 Å². The summed E-state index contributed by atoms with van der Waals surface area (Å²) in [5, 5.41) is 0.685. The molecule has 0 unspecified atom stereocenters. The van der Waals surface area contributed by atoms with E-state index in [1.807, 2.05) is 47.4 Å². The summed E-state index contributed by atoms with van der Waals surface area (Å²) in [6.07, 6.45) is 1.58. The van der Waals surface area contributed by atoms with Gasteiger partial charge in [0.1, 0.15) is 28.0 Å². The molecule has 1 aliphatic heterocycles. The maximum absolute atomic E-state index is 12.9. The molecule has 0 spiro atoms. The van der Waals surface area contributed by atoms with E-state index in [1.54, 1.807) is 19.5 Å². The third-order valence-electron chi connectivity index (χ3n) is 5.54. The van der Waals surface area contributed by atoms with Crippen LogP contribution >= 0.6 is 23.1 Å². The molecular weight excluding hydrogens is 446 g/mol. The van der Waals surface area contributed by atoms with E-state index in [0.29, 0.717) is 42.5 Å². The Kier molecular flexibility index (Phi) is 5.63. The zero-order valence-corrected chi connectivity index (χ0v) is 18.9. The number of hydrogen-bond acceptors (Lipinski definition) is 7. The van der Waals surface area contributed by atoms with Crippen molar-refractivity contribution >= 4 is 45.1 Å². The standard InChI is InChI=1S/C23H20ClN5O2S/c1-31-18-4-2-3-16(13-18)23(30)29-11-9-28(10-12-29)22-21-20(25-14-26-22)19(27-32-21)15-5-7-17(24)8-6-15/h2-8,13-14H,9-12H2,1H3. The van der Waals surface area contributed by atoms with Crippen molar-refractivity contribution in [2.75, 3.05) is 38.2 Å². The fraction of sp³-hybridized carbons (Fsp3) is 0.217. The summed E-state index contributed by atoms with van der Waals surface area (Å²) in [7, 11) is 1.60. The SMILES string of the molecule is COc1cccc(C(=O)N2CCN(c3ncnc4c(-c5ccc(Cl)cc5)nsc34)CC2)c1. The van der Waals surface area contributed by atoms with Crippen LogP contribution in [0, 0.1) is 0 Å². The van der Waals surface area contributed by atoms with Gasteiger partial charge in [-0.05, 0) is 41.9 Å². The van der Waals surface area contributed by atoms with Crippen LogP contribution in [0.3, 0.4) is 0 Å². The molecule has 2 aromatic carbocycles. The molecule has 9 heteroatoms. The van der Waals surface area contributed by atoms with Crippen LogP contribution in [0.4, 0.5) is 5.82 Å². The summed E-state index contributed by atoms with van der Waals surface area (Å²) in [6.45, 7) is 2.61. The van der Waals surface area contributed by atoms with Crippen LogP contribution < -0.4 is 9.64 Å². The molecule has 4 aromatic rings. The number of aromatic nitrogens is 3. The summed E-state index contributed by atoms with van der Waals surface area (Å²) < 4.78 is 10.8. The second-order valence-electron chi connectivity index (χ2n) is 7.42. The first-order valence-corrected chi connectivity index (χ1v) is 11.3. The summed E-state index contributed by atoms with van der Waals surface area (Å²) in [6, 6.07) is 14.9. The van der Waals surface area contributed by atoms with Gasteiger partial charge in [-0.1, -0.05) is 29.8 Å². The molecule has 1 saturated heterocycles. The highest BCUT2D eigenvalue weighted by Gasteiger charge is 2.25. The van der Waals surface area contributed by atoms with Crippen molar-refractivity contribution < 1.29 is 9.53 Å². The molecule has 162 valence electrons. The van der Waals surface area contributed by atoms with Gasteiger partial charge in [-0.15, -0.1) is 0 Å². The zero-order chi connectivity index (χ0) is 22.1. The van der Waals surface area contributed by atoms with E-state index in [0.717, 1.165) is 27.3 Å². The second kappa shape index (κ2) is 8.72. The lowest BCUT2D eigenvalue weighted by molar-refractivity contribution is 0.0746. The van der Waals surface area contributed by atoms with E-state index in [9.17, 15) is 4.79 Å². The molecule has 1 aliphatic rings. The van der Waals surface area contributed by atoms with Gasteiger partial charge in [0.15, 0.2) is 5.82 Å². The first kappa shape index (κ1) is 20.7. The normalized spacial score (nSPS) is 14.1. The lowest BCUT2D eigenvalue weighted by Gasteiger charge is -2.35. The molecule has 3 heterocycles. The molecule has 5 rings (SSSR count). The minimum absolute atomic E-state index is 0.0131. The van der Waals surface area contributed by atoms with Gasteiger partial charge in [0.25, 0.3) is 5.91 Å². The number of piperazine rings is 1. The van der Waals surface area contributed by atoms with E-state index in [2.05, 4.69) is 19.2 Å². The Bertz CT molecular complexity index is 1270. The van der Waals surface area contributed by atoms with E-state index >= 15 is 0 Å². The quantitative estimate of drug-likeness (QED) is 0.445. The minimum Gasteiger partial charge on any atom is -0.497 e. The number of amides is 1. The highest BCUT2D eigenvalue weighted by molar-refractivity contribution is 7.14. The number of carbonyl (C=O) groups excluding carboxylic acids is 1. The maximum atomic E-state index is 12.9.